The van der Waals surface area contributed by atoms with Gasteiger partial charge in [-0.25, -0.2) is 4.79 Å². The highest BCUT2D eigenvalue weighted by molar-refractivity contribution is 6.03. The summed E-state index contributed by atoms with van der Waals surface area (Å²) in [6.07, 6.45) is 1.89. The SMILES string of the molecule is NC1(C(=O)N2CCCc3c(C(=O)O)cccc32)CCOC1. The van der Waals surface area contributed by atoms with Crippen LogP contribution in [0.4, 0.5) is 5.69 Å². The molecule has 1 atom stereocenters. The van der Waals surface area contributed by atoms with Gasteiger partial charge in [0.2, 0.25) is 5.91 Å². The molecule has 3 rings (SSSR count). The van der Waals surface area contributed by atoms with Crippen molar-refractivity contribution >= 4 is 17.6 Å². The molecule has 0 aliphatic carbocycles. The number of nitrogens with zero attached hydrogens (tertiary/aromatic N) is 1. The second kappa shape index (κ2) is 5.13. The third-order valence-electron chi connectivity index (χ3n) is 4.20. The van der Waals surface area contributed by atoms with Gasteiger partial charge in [-0.2, -0.15) is 0 Å². The molecule has 0 aromatic heterocycles. The van der Waals surface area contributed by atoms with E-state index in [1.165, 1.54) is 0 Å². The van der Waals surface area contributed by atoms with Crippen LogP contribution in [0.2, 0.25) is 0 Å². The number of anilines is 1. The molecule has 21 heavy (non-hydrogen) atoms. The second-order valence-electron chi connectivity index (χ2n) is 5.63. The van der Waals surface area contributed by atoms with Crippen molar-refractivity contribution in [3.8, 4) is 0 Å². The third kappa shape index (κ3) is 2.30. The van der Waals surface area contributed by atoms with Crippen LogP contribution in [0.25, 0.3) is 0 Å². The molecule has 2 heterocycles. The summed E-state index contributed by atoms with van der Waals surface area (Å²) in [5, 5.41) is 9.28. The van der Waals surface area contributed by atoms with Gasteiger partial charge in [0, 0.05) is 18.8 Å². The third-order valence-corrected chi connectivity index (χ3v) is 4.20. The fraction of sp³-hybridized carbons (Fsp3) is 0.467. The quantitative estimate of drug-likeness (QED) is 0.839. The number of fused-ring (bicyclic) bond motifs is 1. The van der Waals surface area contributed by atoms with Crippen molar-refractivity contribution in [1.29, 1.82) is 0 Å². The van der Waals surface area contributed by atoms with Gasteiger partial charge in [-0.05, 0) is 37.0 Å². The Morgan fingerprint density at radius 1 is 1.38 bits per heavy atom. The summed E-state index contributed by atoms with van der Waals surface area (Å²) < 4.78 is 5.26. The molecule has 1 unspecified atom stereocenters. The molecule has 0 radical (unpaired) electrons. The first kappa shape index (κ1) is 14.0. The first-order chi connectivity index (χ1) is 10.0. The molecule has 3 N–H and O–H groups in total. The lowest BCUT2D eigenvalue weighted by Crippen LogP contribution is -2.57. The number of carboxylic acids is 1. The van der Waals surface area contributed by atoms with Crippen molar-refractivity contribution < 1.29 is 19.4 Å². The zero-order valence-corrected chi connectivity index (χ0v) is 11.7. The lowest BCUT2D eigenvalue weighted by atomic mass is 9.92. The molecule has 1 aromatic rings. The molecular weight excluding hydrogens is 272 g/mol. The monoisotopic (exact) mass is 290 g/mol. The summed E-state index contributed by atoms with van der Waals surface area (Å²) in [5.41, 5.74) is 6.81. The van der Waals surface area contributed by atoms with Gasteiger partial charge in [0.05, 0.1) is 12.2 Å². The molecule has 6 heteroatoms. The number of rotatable bonds is 2. The molecule has 1 fully saturated rings. The van der Waals surface area contributed by atoms with Gasteiger partial charge in [0.15, 0.2) is 0 Å². The van der Waals surface area contributed by atoms with E-state index in [0.29, 0.717) is 37.2 Å². The van der Waals surface area contributed by atoms with E-state index in [-0.39, 0.29) is 18.1 Å². The lowest BCUT2D eigenvalue weighted by molar-refractivity contribution is -0.123. The summed E-state index contributed by atoms with van der Waals surface area (Å²) in [6, 6.07) is 5.03. The number of carbonyl (C=O) groups excluding carboxylic acids is 1. The summed E-state index contributed by atoms with van der Waals surface area (Å²) in [6.45, 7) is 1.27. The first-order valence-electron chi connectivity index (χ1n) is 7.07. The summed E-state index contributed by atoms with van der Waals surface area (Å²) in [5.74, 6) is -1.14. The van der Waals surface area contributed by atoms with Crippen LogP contribution in [0.5, 0.6) is 0 Å². The minimum absolute atomic E-state index is 0.177. The zero-order valence-electron chi connectivity index (χ0n) is 11.7. The average Bonchev–Trinajstić information content (AvgIpc) is 2.93. The molecule has 2 aliphatic heterocycles. The Morgan fingerprint density at radius 2 is 2.19 bits per heavy atom. The summed E-state index contributed by atoms with van der Waals surface area (Å²) >= 11 is 0. The highest BCUT2D eigenvalue weighted by Crippen LogP contribution is 2.32. The van der Waals surface area contributed by atoms with Crippen molar-refractivity contribution in [2.75, 3.05) is 24.7 Å². The number of amides is 1. The highest BCUT2D eigenvalue weighted by atomic mass is 16.5. The Hall–Kier alpha value is -1.92. The van der Waals surface area contributed by atoms with E-state index in [4.69, 9.17) is 10.5 Å². The fourth-order valence-electron chi connectivity index (χ4n) is 3.05. The van der Waals surface area contributed by atoms with Gasteiger partial charge in [-0.1, -0.05) is 6.07 Å². The van der Waals surface area contributed by atoms with Gasteiger partial charge in [-0.3, -0.25) is 4.79 Å². The molecule has 1 saturated heterocycles. The maximum Gasteiger partial charge on any atom is 0.336 e. The molecule has 112 valence electrons. The molecule has 1 amide bonds. The van der Waals surface area contributed by atoms with E-state index in [9.17, 15) is 14.7 Å². The Balaban J connectivity index is 1.99. The number of carboxylic acid groups (broad SMARTS) is 1. The summed E-state index contributed by atoms with van der Waals surface area (Å²) in [4.78, 5) is 25.7. The fourth-order valence-corrected chi connectivity index (χ4v) is 3.05. The minimum Gasteiger partial charge on any atom is -0.478 e. The van der Waals surface area contributed by atoms with Crippen molar-refractivity contribution in [2.45, 2.75) is 24.8 Å². The summed E-state index contributed by atoms with van der Waals surface area (Å²) in [7, 11) is 0. The topological polar surface area (TPSA) is 92.9 Å². The Morgan fingerprint density at radius 3 is 2.86 bits per heavy atom. The lowest BCUT2D eigenvalue weighted by Gasteiger charge is -2.35. The maximum atomic E-state index is 12.7. The van der Waals surface area contributed by atoms with Crippen molar-refractivity contribution in [3.05, 3.63) is 29.3 Å². The van der Waals surface area contributed by atoms with Crippen molar-refractivity contribution in [1.82, 2.24) is 0 Å². The molecule has 0 saturated carbocycles. The molecule has 0 spiro atoms. The van der Waals surface area contributed by atoms with E-state index in [0.717, 1.165) is 6.42 Å². The van der Waals surface area contributed by atoms with Crippen molar-refractivity contribution in [2.24, 2.45) is 5.73 Å². The normalized spacial score (nSPS) is 24.7. The van der Waals surface area contributed by atoms with E-state index in [1.54, 1.807) is 23.1 Å². The number of hydrogen-bond donors (Lipinski definition) is 2. The molecule has 0 bridgehead atoms. The Labute approximate surface area is 122 Å². The van der Waals surface area contributed by atoms with Gasteiger partial charge >= 0.3 is 5.97 Å². The zero-order chi connectivity index (χ0) is 15.0. The van der Waals surface area contributed by atoms with Crippen LogP contribution in [0.3, 0.4) is 0 Å². The number of nitrogens with two attached hydrogens (primary N) is 1. The highest BCUT2D eigenvalue weighted by Gasteiger charge is 2.42. The number of hydrogen-bond acceptors (Lipinski definition) is 4. The Bertz CT molecular complexity index is 593. The van der Waals surface area contributed by atoms with Crippen LogP contribution < -0.4 is 10.6 Å². The van der Waals surface area contributed by atoms with Crippen LogP contribution in [0, 0.1) is 0 Å². The predicted molar refractivity (Wildman–Crippen MR) is 76.4 cm³/mol. The average molecular weight is 290 g/mol. The predicted octanol–water partition coefficient (Wildman–Crippen LogP) is 0.782. The van der Waals surface area contributed by atoms with E-state index in [1.807, 2.05) is 0 Å². The van der Waals surface area contributed by atoms with Crippen LogP contribution in [0.1, 0.15) is 28.8 Å². The number of aromatic carboxylic acids is 1. The van der Waals surface area contributed by atoms with E-state index < -0.39 is 11.5 Å². The largest absolute Gasteiger partial charge is 0.478 e. The number of ether oxygens (including phenoxy) is 1. The Kier molecular flexibility index (Phi) is 3.43. The smallest absolute Gasteiger partial charge is 0.336 e. The van der Waals surface area contributed by atoms with Gasteiger partial charge in [0.25, 0.3) is 0 Å². The second-order valence-corrected chi connectivity index (χ2v) is 5.63. The van der Waals surface area contributed by atoms with Crippen molar-refractivity contribution in [3.63, 3.8) is 0 Å². The van der Waals surface area contributed by atoms with Gasteiger partial charge < -0.3 is 20.5 Å². The maximum absolute atomic E-state index is 12.7. The molecular formula is C15H18N2O4. The van der Waals surface area contributed by atoms with E-state index >= 15 is 0 Å². The number of benzene rings is 1. The molecule has 6 nitrogen and oxygen atoms in total. The van der Waals surface area contributed by atoms with Crippen LogP contribution in [0.15, 0.2) is 18.2 Å². The van der Waals surface area contributed by atoms with Gasteiger partial charge in [0.1, 0.15) is 5.54 Å². The number of carbonyl (C=O) groups is 2. The molecule has 1 aromatic carbocycles. The van der Waals surface area contributed by atoms with E-state index in [2.05, 4.69) is 0 Å². The molecule has 2 aliphatic rings. The first-order valence-corrected chi connectivity index (χ1v) is 7.07. The van der Waals surface area contributed by atoms with Gasteiger partial charge in [-0.15, -0.1) is 0 Å². The van der Waals surface area contributed by atoms with Crippen LogP contribution in [-0.4, -0.2) is 42.3 Å². The van der Waals surface area contributed by atoms with Crippen LogP contribution in [-0.2, 0) is 16.0 Å². The standard InChI is InChI=1S/C15H18N2O4/c16-15(6-8-21-9-15)14(20)17-7-2-4-10-11(13(18)19)3-1-5-12(10)17/h1,3,5H,2,4,6-9,16H2,(H,18,19). The van der Waals surface area contributed by atoms with Crippen LogP contribution >= 0.6 is 0 Å². The minimum atomic E-state index is -0.992.